The molecule has 2 aromatic rings. The normalized spacial score (nSPS) is 10.5. The van der Waals surface area contributed by atoms with Crippen LogP contribution in [0.15, 0.2) is 18.3 Å². The Morgan fingerprint density at radius 3 is 2.93 bits per heavy atom. The van der Waals surface area contributed by atoms with Crippen molar-refractivity contribution in [3.05, 3.63) is 29.6 Å². The van der Waals surface area contributed by atoms with Gasteiger partial charge in [0.1, 0.15) is 11.3 Å². The first-order valence-electron chi connectivity index (χ1n) is 4.39. The number of hydrogen-bond acceptors (Lipinski definition) is 3. The lowest BCUT2D eigenvalue weighted by Gasteiger charge is -2.00. The van der Waals surface area contributed by atoms with E-state index in [1.165, 1.54) is 12.1 Å². The molecule has 2 heterocycles. The predicted molar refractivity (Wildman–Crippen MR) is 53.4 cm³/mol. The summed E-state index contributed by atoms with van der Waals surface area (Å²) in [5, 5.41) is 8.81. The fourth-order valence-electron chi connectivity index (χ4n) is 1.52. The van der Waals surface area contributed by atoms with E-state index in [1.807, 2.05) is 6.92 Å². The highest BCUT2D eigenvalue weighted by Gasteiger charge is 2.10. The lowest BCUT2D eigenvalue weighted by Crippen LogP contribution is -1.98. The molecule has 2 aromatic heterocycles. The highest BCUT2D eigenvalue weighted by atomic mass is 16.5. The zero-order chi connectivity index (χ0) is 11.0. The highest BCUT2D eigenvalue weighted by molar-refractivity contribution is 5.88. The number of ether oxygens (including phenoxy) is 1. The summed E-state index contributed by atoms with van der Waals surface area (Å²) in [6, 6.07) is 3.02. The summed E-state index contributed by atoms with van der Waals surface area (Å²) in [4.78, 5) is 14.9. The van der Waals surface area contributed by atoms with Crippen molar-refractivity contribution in [1.82, 2.24) is 9.38 Å². The molecule has 78 valence electrons. The molecule has 1 N–H and O–H groups in total. The standard InChI is InChI=1S/C10H10N2O3/c1-6-9(15-2)12-4-3-7(10(13)14)5-8(12)11-6/h3-5H,1-2H3,(H,13,14). The van der Waals surface area contributed by atoms with Gasteiger partial charge in [0.15, 0.2) is 0 Å². The van der Waals surface area contributed by atoms with E-state index >= 15 is 0 Å². The molecule has 0 spiro atoms. The topological polar surface area (TPSA) is 63.8 Å². The maximum atomic E-state index is 10.7. The molecule has 15 heavy (non-hydrogen) atoms. The summed E-state index contributed by atoms with van der Waals surface area (Å²) in [5.41, 5.74) is 1.53. The second kappa shape index (κ2) is 3.27. The number of methoxy groups -OCH3 is 1. The Kier molecular flexibility index (Phi) is 2.07. The quantitative estimate of drug-likeness (QED) is 0.805. The average Bonchev–Trinajstić information content (AvgIpc) is 2.51. The number of imidazole rings is 1. The molecule has 0 fully saturated rings. The molecule has 0 aromatic carbocycles. The fraction of sp³-hybridized carbons (Fsp3) is 0.200. The Bertz CT molecular complexity index is 531. The summed E-state index contributed by atoms with van der Waals surface area (Å²) in [6.07, 6.45) is 1.64. The Morgan fingerprint density at radius 2 is 2.33 bits per heavy atom. The maximum Gasteiger partial charge on any atom is 0.335 e. The molecule has 0 atom stereocenters. The van der Waals surface area contributed by atoms with E-state index in [9.17, 15) is 4.79 Å². The SMILES string of the molecule is COc1c(C)nc2cc(C(=O)O)ccn12. The zero-order valence-electron chi connectivity index (χ0n) is 8.39. The molecule has 0 saturated heterocycles. The minimum Gasteiger partial charge on any atom is -0.481 e. The van der Waals surface area contributed by atoms with Crippen molar-refractivity contribution in [2.24, 2.45) is 0 Å². The smallest absolute Gasteiger partial charge is 0.335 e. The van der Waals surface area contributed by atoms with E-state index in [0.717, 1.165) is 5.69 Å². The van der Waals surface area contributed by atoms with Gasteiger partial charge in [-0.1, -0.05) is 0 Å². The lowest BCUT2D eigenvalue weighted by molar-refractivity contribution is 0.0697. The van der Waals surface area contributed by atoms with Crippen LogP contribution in [-0.4, -0.2) is 27.6 Å². The van der Waals surface area contributed by atoms with Gasteiger partial charge in [0.25, 0.3) is 0 Å². The summed E-state index contributed by atoms with van der Waals surface area (Å²) >= 11 is 0. The molecule has 0 radical (unpaired) electrons. The van der Waals surface area contributed by atoms with Crippen LogP contribution in [0.1, 0.15) is 16.1 Å². The maximum absolute atomic E-state index is 10.7. The van der Waals surface area contributed by atoms with Gasteiger partial charge < -0.3 is 9.84 Å². The van der Waals surface area contributed by atoms with Gasteiger partial charge in [0, 0.05) is 6.20 Å². The zero-order valence-corrected chi connectivity index (χ0v) is 8.39. The molecule has 2 rings (SSSR count). The number of carboxylic acids is 1. The van der Waals surface area contributed by atoms with Crippen LogP contribution in [0.4, 0.5) is 0 Å². The third-order valence-electron chi connectivity index (χ3n) is 2.19. The first-order valence-corrected chi connectivity index (χ1v) is 4.39. The second-order valence-corrected chi connectivity index (χ2v) is 3.16. The highest BCUT2D eigenvalue weighted by Crippen LogP contribution is 2.19. The monoisotopic (exact) mass is 206 g/mol. The number of carboxylic acid groups (broad SMARTS) is 1. The molecule has 0 unspecified atom stereocenters. The number of aryl methyl sites for hydroxylation is 1. The summed E-state index contributed by atoms with van der Waals surface area (Å²) in [5.74, 6) is -0.334. The molecule has 0 aliphatic heterocycles. The Morgan fingerprint density at radius 1 is 1.60 bits per heavy atom. The average molecular weight is 206 g/mol. The van der Waals surface area contributed by atoms with E-state index in [-0.39, 0.29) is 5.56 Å². The van der Waals surface area contributed by atoms with E-state index in [2.05, 4.69) is 4.98 Å². The van der Waals surface area contributed by atoms with Gasteiger partial charge in [0.05, 0.1) is 12.7 Å². The van der Waals surface area contributed by atoms with Crippen molar-refractivity contribution in [2.75, 3.05) is 7.11 Å². The number of carbonyl (C=O) groups is 1. The third-order valence-corrected chi connectivity index (χ3v) is 2.19. The van der Waals surface area contributed by atoms with Crippen molar-refractivity contribution in [2.45, 2.75) is 6.92 Å². The molecular formula is C10H10N2O3. The van der Waals surface area contributed by atoms with Gasteiger partial charge >= 0.3 is 5.97 Å². The third kappa shape index (κ3) is 1.41. The number of nitrogens with zero attached hydrogens (tertiary/aromatic N) is 2. The molecule has 0 saturated carbocycles. The number of aromatic carboxylic acids is 1. The van der Waals surface area contributed by atoms with Crippen molar-refractivity contribution in [1.29, 1.82) is 0 Å². The van der Waals surface area contributed by atoms with Gasteiger partial charge in [0.2, 0.25) is 5.88 Å². The largest absolute Gasteiger partial charge is 0.481 e. The number of hydrogen-bond donors (Lipinski definition) is 1. The minimum absolute atomic E-state index is 0.218. The van der Waals surface area contributed by atoms with Crippen LogP contribution in [0.5, 0.6) is 5.88 Å². The van der Waals surface area contributed by atoms with Gasteiger partial charge in [-0.25, -0.2) is 9.78 Å². The van der Waals surface area contributed by atoms with Crippen LogP contribution < -0.4 is 4.74 Å². The van der Waals surface area contributed by atoms with Crippen LogP contribution >= 0.6 is 0 Å². The van der Waals surface area contributed by atoms with Crippen LogP contribution in [-0.2, 0) is 0 Å². The van der Waals surface area contributed by atoms with Crippen LogP contribution in [0.2, 0.25) is 0 Å². The van der Waals surface area contributed by atoms with Crippen molar-refractivity contribution in [3.63, 3.8) is 0 Å². The van der Waals surface area contributed by atoms with Gasteiger partial charge in [-0.3, -0.25) is 4.40 Å². The summed E-state index contributed by atoms with van der Waals surface area (Å²) in [6.45, 7) is 1.81. The molecule has 0 aliphatic carbocycles. The fourth-order valence-corrected chi connectivity index (χ4v) is 1.52. The summed E-state index contributed by atoms with van der Waals surface area (Å²) in [7, 11) is 1.56. The van der Waals surface area contributed by atoms with Gasteiger partial charge in [-0.05, 0) is 19.1 Å². The van der Waals surface area contributed by atoms with E-state index < -0.39 is 5.97 Å². The first kappa shape index (κ1) is 9.51. The summed E-state index contributed by atoms with van der Waals surface area (Å²) < 4.78 is 6.86. The first-order chi connectivity index (χ1) is 7.13. The second-order valence-electron chi connectivity index (χ2n) is 3.16. The lowest BCUT2D eigenvalue weighted by atomic mass is 10.3. The van der Waals surface area contributed by atoms with E-state index in [4.69, 9.17) is 9.84 Å². The van der Waals surface area contributed by atoms with Crippen molar-refractivity contribution in [3.8, 4) is 5.88 Å². The Balaban J connectivity index is 2.69. The number of pyridine rings is 1. The van der Waals surface area contributed by atoms with Crippen molar-refractivity contribution < 1.29 is 14.6 Å². The van der Waals surface area contributed by atoms with Crippen LogP contribution in [0, 0.1) is 6.92 Å². The van der Waals surface area contributed by atoms with Crippen LogP contribution in [0.3, 0.4) is 0 Å². The van der Waals surface area contributed by atoms with Crippen LogP contribution in [0.25, 0.3) is 5.65 Å². The van der Waals surface area contributed by atoms with Gasteiger partial charge in [-0.2, -0.15) is 0 Å². The molecule has 0 aliphatic rings. The molecule has 0 bridgehead atoms. The van der Waals surface area contributed by atoms with E-state index in [1.54, 1.807) is 17.7 Å². The Hall–Kier alpha value is -2.04. The number of fused-ring (bicyclic) bond motifs is 1. The minimum atomic E-state index is -0.961. The number of rotatable bonds is 2. The number of aromatic nitrogens is 2. The molecular weight excluding hydrogens is 196 g/mol. The van der Waals surface area contributed by atoms with Crippen molar-refractivity contribution >= 4 is 11.6 Å². The van der Waals surface area contributed by atoms with Gasteiger partial charge in [-0.15, -0.1) is 0 Å². The molecule has 5 nitrogen and oxygen atoms in total. The van der Waals surface area contributed by atoms with E-state index in [0.29, 0.717) is 11.5 Å². The predicted octanol–water partition coefficient (Wildman–Crippen LogP) is 1.35. The molecule has 0 amide bonds. The Labute approximate surface area is 85.9 Å². The molecule has 5 heteroatoms.